The van der Waals surface area contributed by atoms with Gasteiger partial charge in [0.2, 0.25) is 0 Å². The highest BCUT2D eigenvalue weighted by Gasteiger charge is 2.17. The zero-order chi connectivity index (χ0) is 20.8. The molecule has 0 bridgehead atoms. The summed E-state index contributed by atoms with van der Waals surface area (Å²) >= 11 is 6.20. The Balaban J connectivity index is 2.11. The first-order valence-corrected chi connectivity index (χ1v) is 9.23. The highest BCUT2D eigenvalue weighted by atomic mass is 35.5. The van der Waals surface area contributed by atoms with Gasteiger partial charge in [0.1, 0.15) is 11.3 Å². The summed E-state index contributed by atoms with van der Waals surface area (Å²) in [6.07, 6.45) is 0. The van der Waals surface area contributed by atoms with Gasteiger partial charge in [-0.05, 0) is 51.5 Å². The molecule has 0 saturated heterocycles. The number of anilines is 1. The van der Waals surface area contributed by atoms with Crippen molar-refractivity contribution in [2.24, 2.45) is 0 Å². The number of rotatable bonds is 7. The van der Waals surface area contributed by atoms with E-state index in [1.165, 1.54) is 6.07 Å². The SMILES string of the molecule is CCN(CC)C(=O)COc1ccc(NC(=O)c2c(C)c(C)n[nH]c2=O)cc1Cl. The van der Waals surface area contributed by atoms with Crippen LogP contribution in [0.1, 0.15) is 35.5 Å². The highest BCUT2D eigenvalue weighted by molar-refractivity contribution is 6.32. The zero-order valence-corrected chi connectivity index (χ0v) is 17.0. The summed E-state index contributed by atoms with van der Waals surface area (Å²) in [5, 5.41) is 8.99. The van der Waals surface area contributed by atoms with Gasteiger partial charge >= 0.3 is 0 Å². The molecule has 0 spiro atoms. The molecule has 0 aliphatic rings. The standard InChI is InChI=1S/C19H23ClN4O4/c1-5-24(6-2)16(25)10-28-15-8-7-13(9-14(15)20)21-18(26)17-11(3)12(4)22-23-19(17)27/h7-9H,5-6,10H2,1-4H3,(H,21,26)(H,23,27). The molecule has 2 amide bonds. The van der Waals surface area contributed by atoms with Crippen molar-refractivity contribution in [3.63, 3.8) is 0 Å². The number of aromatic amines is 1. The van der Waals surface area contributed by atoms with Crippen molar-refractivity contribution in [3.8, 4) is 5.75 Å². The fourth-order valence-corrected chi connectivity index (χ4v) is 2.83. The number of amides is 2. The third-order valence-electron chi connectivity index (χ3n) is 4.35. The molecule has 0 saturated carbocycles. The lowest BCUT2D eigenvalue weighted by atomic mass is 10.1. The number of hydrogen-bond acceptors (Lipinski definition) is 5. The second kappa shape index (κ2) is 9.36. The first-order chi connectivity index (χ1) is 13.3. The van der Waals surface area contributed by atoms with Crippen LogP contribution in [0, 0.1) is 13.8 Å². The van der Waals surface area contributed by atoms with Gasteiger partial charge < -0.3 is 15.0 Å². The summed E-state index contributed by atoms with van der Waals surface area (Å²) in [7, 11) is 0. The minimum Gasteiger partial charge on any atom is -0.482 e. The Hall–Kier alpha value is -2.87. The number of ether oxygens (including phenoxy) is 1. The fourth-order valence-electron chi connectivity index (χ4n) is 2.60. The Bertz CT molecular complexity index is 938. The topological polar surface area (TPSA) is 104 Å². The Kier molecular flexibility index (Phi) is 7.17. The van der Waals surface area contributed by atoms with Crippen LogP contribution < -0.4 is 15.6 Å². The van der Waals surface area contributed by atoms with Gasteiger partial charge in [0, 0.05) is 18.8 Å². The summed E-state index contributed by atoms with van der Waals surface area (Å²) in [5.41, 5.74) is 0.882. The average molecular weight is 407 g/mol. The number of benzene rings is 1. The van der Waals surface area contributed by atoms with E-state index in [0.717, 1.165) is 0 Å². The normalized spacial score (nSPS) is 10.5. The van der Waals surface area contributed by atoms with Crippen LogP contribution in [0.4, 0.5) is 5.69 Å². The number of nitrogens with zero attached hydrogens (tertiary/aromatic N) is 2. The summed E-state index contributed by atoms with van der Waals surface area (Å²) in [5.74, 6) is -0.374. The number of hydrogen-bond donors (Lipinski definition) is 2. The molecule has 0 fully saturated rings. The molecular formula is C19H23ClN4O4. The van der Waals surface area contributed by atoms with E-state index >= 15 is 0 Å². The molecule has 150 valence electrons. The molecular weight excluding hydrogens is 384 g/mol. The molecule has 0 aliphatic carbocycles. The Labute approximate surface area is 167 Å². The third-order valence-corrected chi connectivity index (χ3v) is 4.65. The number of carbonyl (C=O) groups is 2. The number of aromatic nitrogens is 2. The van der Waals surface area contributed by atoms with E-state index in [9.17, 15) is 14.4 Å². The lowest BCUT2D eigenvalue weighted by molar-refractivity contribution is -0.132. The van der Waals surface area contributed by atoms with Crippen LogP contribution in [0.25, 0.3) is 0 Å². The Morgan fingerprint density at radius 1 is 1.25 bits per heavy atom. The molecule has 0 radical (unpaired) electrons. The van der Waals surface area contributed by atoms with Gasteiger partial charge in [0.15, 0.2) is 6.61 Å². The van der Waals surface area contributed by atoms with Crippen molar-refractivity contribution in [1.82, 2.24) is 15.1 Å². The molecule has 8 nitrogen and oxygen atoms in total. The van der Waals surface area contributed by atoms with Crippen LogP contribution in [0.3, 0.4) is 0 Å². The number of carbonyl (C=O) groups excluding carboxylic acids is 2. The van der Waals surface area contributed by atoms with Gasteiger partial charge in [-0.1, -0.05) is 11.6 Å². The highest BCUT2D eigenvalue weighted by Crippen LogP contribution is 2.28. The summed E-state index contributed by atoms with van der Waals surface area (Å²) in [6.45, 7) is 8.21. The number of H-pyrrole nitrogens is 1. The van der Waals surface area contributed by atoms with E-state index in [1.807, 2.05) is 13.8 Å². The monoisotopic (exact) mass is 406 g/mol. The minimum absolute atomic E-state index is 0.00577. The molecule has 9 heteroatoms. The maximum atomic E-state index is 12.5. The predicted molar refractivity (Wildman–Crippen MR) is 107 cm³/mol. The van der Waals surface area contributed by atoms with Crippen molar-refractivity contribution < 1.29 is 14.3 Å². The average Bonchev–Trinajstić information content (AvgIpc) is 2.65. The molecule has 1 aromatic heterocycles. The van der Waals surface area contributed by atoms with Gasteiger partial charge in [-0.15, -0.1) is 0 Å². The number of aryl methyl sites for hydroxylation is 1. The molecule has 1 heterocycles. The van der Waals surface area contributed by atoms with Crippen LogP contribution >= 0.6 is 11.6 Å². The second-order valence-corrected chi connectivity index (χ2v) is 6.50. The molecule has 1 aromatic carbocycles. The summed E-state index contributed by atoms with van der Waals surface area (Å²) in [6, 6.07) is 4.63. The molecule has 2 rings (SSSR count). The quantitative estimate of drug-likeness (QED) is 0.735. The first kappa shape index (κ1) is 21.4. The smallest absolute Gasteiger partial charge is 0.277 e. The van der Waals surface area contributed by atoms with Gasteiger partial charge in [0.05, 0.1) is 10.7 Å². The van der Waals surface area contributed by atoms with Crippen molar-refractivity contribution in [1.29, 1.82) is 0 Å². The van der Waals surface area contributed by atoms with E-state index in [1.54, 1.807) is 30.9 Å². The van der Waals surface area contributed by atoms with Crippen molar-refractivity contribution >= 4 is 29.1 Å². The van der Waals surface area contributed by atoms with E-state index in [4.69, 9.17) is 16.3 Å². The number of nitrogens with one attached hydrogen (secondary N) is 2. The maximum Gasteiger partial charge on any atom is 0.277 e. The van der Waals surface area contributed by atoms with Crippen LogP contribution in [0.2, 0.25) is 5.02 Å². The van der Waals surface area contributed by atoms with Crippen molar-refractivity contribution in [3.05, 3.63) is 50.4 Å². The lowest BCUT2D eigenvalue weighted by Gasteiger charge is -2.19. The second-order valence-electron chi connectivity index (χ2n) is 6.09. The molecule has 0 aliphatic heterocycles. The van der Waals surface area contributed by atoms with E-state index in [-0.39, 0.29) is 23.1 Å². The van der Waals surface area contributed by atoms with Crippen LogP contribution in [0.15, 0.2) is 23.0 Å². The minimum atomic E-state index is -0.568. The fraction of sp³-hybridized carbons (Fsp3) is 0.368. The zero-order valence-electron chi connectivity index (χ0n) is 16.3. The van der Waals surface area contributed by atoms with Gasteiger partial charge in [-0.25, -0.2) is 5.10 Å². The van der Waals surface area contributed by atoms with Crippen molar-refractivity contribution in [2.75, 3.05) is 25.0 Å². The van der Waals surface area contributed by atoms with Gasteiger partial charge in [-0.3, -0.25) is 14.4 Å². The number of halogens is 1. The van der Waals surface area contributed by atoms with E-state index in [2.05, 4.69) is 15.5 Å². The van der Waals surface area contributed by atoms with Gasteiger partial charge in [0.25, 0.3) is 17.4 Å². The third kappa shape index (κ3) is 4.89. The van der Waals surface area contributed by atoms with Crippen LogP contribution in [0.5, 0.6) is 5.75 Å². The van der Waals surface area contributed by atoms with Gasteiger partial charge in [-0.2, -0.15) is 5.10 Å². The lowest BCUT2D eigenvalue weighted by Crippen LogP contribution is -2.34. The van der Waals surface area contributed by atoms with E-state index in [0.29, 0.717) is 35.8 Å². The predicted octanol–water partition coefficient (Wildman–Crippen LogP) is 2.54. The largest absolute Gasteiger partial charge is 0.482 e. The summed E-state index contributed by atoms with van der Waals surface area (Å²) < 4.78 is 5.48. The molecule has 0 unspecified atom stereocenters. The molecule has 28 heavy (non-hydrogen) atoms. The summed E-state index contributed by atoms with van der Waals surface area (Å²) in [4.78, 5) is 38.1. The maximum absolute atomic E-state index is 12.5. The van der Waals surface area contributed by atoms with Crippen LogP contribution in [-0.2, 0) is 4.79 Å². The Morgan fingerprint density at radius 3 is 2.54 bits per heavy atom. The Morgan fingerprint density at radius 2 is 1.93 bits per heavy atom. The first-order valence-electron chi connectivity index (χ1n) is 8.85. The van der Waals surface area contributed by atoms with Crippen molar-refractivity contribution in [2.45, 2.75) is 27.7 Å². The molecule has 2 N–H and O–H groups in total. The molecule has 0 atom stereocenters. The van der Waals surface area contributed by atoms with E-state index < -0.39 is 11.5 Å². The molecule has 2 aromatic rings. The number of likely N-dealkylation sites (N-methyl/N-ethyl adjacent to an activating group) is 1. The van der Waals surface area contributed by atoms with Crippen LogP contribution in [-0.4, -0.2) is 46.6 Å².